The fraction of sp³-hybridized carbons (Fsp3) is 0.0909. The fourth-order valence-electron chi connectivity index (χ4n) is 1.47. The fourth-order valence-corrected chi connectivity index (χ4v) is 3.07. The van der Waals surface area contributed by atoms with Gasteiger partial charge in [-0.3, -0.25) is 4.79 Å². The minimum atomic E-state index is -4.99. The van der Waals surface area contributed by atoms with E-state index < -0.39 is 18.1 Å². The van der Waals surface area contributed by atoms with Crippen molar-refractivity contribution in [3.05, 3.63) is 27.5 Å². The Labute approximate surface area is 122 Å². The van der Waals surface area contributed by atoms with E-state index in [4.69, 9.17) is 5.11 Å². The third-order valence-electron chi connectivity index (χ3n) is 2.35. The summed E-state index contributed by atoms with van der Waals surface area (Å²) in [6.45, 7) is 0. The van der Waals surface area contributed by atoms with Gasteiger partial charge in [0.2, 0.25) is 0 Å². The van der Waals surface area contributed by atoms with Gasteiger partial charge in [0.25, 0.3) is 0 Å². The molecule has 0 radical (unpaired) electrons. The number of anilines is 1. The lowest BCUT2D eigenvalue weighted by molar-refractivity contribution is -0.167. The molecule has 2 N–H and O–H groups in total. The van der Waals surface area contributed by atoms with E-state index in [0.29, 0.717) is 10.1 Å². The molecule has 0 fully saturated rings. The zero-order chi connectivity index (χ0) is 15.1. The Bertz CT molecular complexity index is 711. The highest BCUT2D eigenvalue weighted by Gasteiger charge is 2.39. The van der Waals surface area contributed by atoms with Crippen molar-refractivity contribution in [2.75, 3.05) is 5.32 Å². The first-order chi connectivity index (χ1) is 9.20. The van der Waals surface area contributed by atoms with Gasteiger partial charge in [-0.25, -0.2) is 4.79 Å². The topological polar surface area (TPSA) is 66.4 Å². The largest absolute Gasteiger partial charge is 0.477 e. The first kappa shape index (κ1) is 14.8. The van der Waals surface area contributed by atoms with Crippen LogP contribution < -0.4 is 5.32 Å². The van der Waals surface area contributed by atoms with E-state index in [1.807, 2.05) is 0 Å². The van der Waals surface area contributed by atoms with E-state index >= 15 is 0 Å². The second kappa shape index (κ2) is 5.06. The molecule has 0 aliphatic carbocycles. The molecule has 0 saturated heterocycles. The molecule has 0 spiro atoms. The Kier molecular flexibility index (Phi) is 3.74. The molecule has 0 atom stereocenters. The molecule has 0 aliphatic rings. The highest BCUT2D eigenvalue weighted by Crippen LogP contribution is 2.37. The number of hydrogen-bond acceptors (Lipinski definition) is 3. The molecular formula is C11H5BrF3NO3S. The van der Waals surface area contributed by atoms with Crippen molar-refractivity contribution in [2.24, 2.45) is 0 Å². The molecule has 0 aliphatic heterocycles. The number of alkyl halides is 3. The standard InChI is InChI=1S/C11H5BrF3NO3S/c12-8-4-3-7(9(17)18)20-6(4)2-1-5(8)16-10(19)11(13,14)15/h1-3H,(H,16,19)(H,17,18). The predicted molar refractivity (Wildman–Crippen MR) is 71.2 cm³/mol. The van der Waals surface area contributed by atoms with Crippen LogP contribution in [0.25, 0.3) is 10.1 Å². The number of hydrogen-bond donors (Lipinski definition) is 2. The number of aromatic carboxylic acids is 1. The van der Waals surface area contributed by atoms with Gasteiger partial charge in [0.15, 0.2) is 0 Å². The second-order valence-corrected chi connectivity index (χ2v) is 5.58. The number of nitrogens with one attached hydrogen (secondary N) is 1. The lowest BCUT2D eigenvalue weighted by Gasteiger charge is -2.09. The van der Waals surface area contributed by atoms with Crippen LogP contribution in [0.2, 0.25) is 0 Å². The molecular weight excluding hydrogens is 363 g/mol. The van der Waals surface area contributed by atoms with Gasteiger partial charge in [0, 0.05) is 14.6 Å². The second-order valence-electron chi connectivity index (χ2n) is 3.71. The average molecular weight is 368 g/mol. The van der Waals surface area contributed by atoms with Crippen LogP contribution >= 0.6 is 27.3 Å². The Hall–Kier alpha value is -1.61. The summed E-state index contributed by atoms with van der Waals surface area (Å²) in [5.41, 5.74) is -0.0745. The minimum Gasteiger partial charge on any atom is -0.477 e. The summed E-state index contributed by atoms with van der Waals surface area (Å²) in [5, 5.41) is 11.0. The molecule has 20 heavy (non-hydrogen) atoms. The summed E-state index contributed by atoms with van der Waals surface area (Å²) in [7, 11) is 0. The predicted octanol–water partition coefficient (Wildman–Crippen LogP) is 3.86. The van der Waals surface area contributed by atoms with E-state index in [2.05, 4.69) is 15.9 Å². The summed E-state index contributed by atoms with van der Waals surface area (Å²) in [6.07, 6.45) is -4.99. The van der Waals surface area contributed by atoms with Crippen LogP contribution in [0, 0.1) is 0 Å². The lowest BCUT2D eigenvalue weighted by atomic mass is 10.2. The molecule has 1 aromatic carbocycles. The third-order valence-corrected chi connectivity index (χ3v) is 4.29. The Balaban J connectivity index is 2.44. The number of fused-ring (bicyclic) bond motifs is 1. The molecule has 4 nitrogen and oxygen atoms in total. The maximum absolute atomic E-state index is 12.2. The summed E-state index contributed by atoms with van der Waals surface area (Å²) in [4.78, 5) is 21.8. The number of carbonyl (C=O) groups excluding carboxylic acids is 1. The monoisotopic (exact) mass is 367 g/mol. The van der Waals surface area contributed by atoms with Gasteiger partial charge in [-0.1, -0.05) is 0 Å². The van der Waals surface area contributed by atoms with Crippen molar-refractivity contribution >= 4 is 54.9 Å². The number of thiophene rings is 1. The van der Waals surface area contributed by atoms with E-state index in [0.717, 1.165) is 11.3 Å². The minimum absolute atomic E-state index is 0.0556. The Morgan fingerprint density at radius 3 is 2.50 bits per heavy atom. The molecule has 0 unspecified atom stereocenters. The van der Waals surface area contributed by atoms with Crippen LogP contribution in [0.4, 0.5) is 18.9 Å². The summed E-state index contributed by atoms with van der Waals surface area (Å²) in [6, 6.07) is 4.05. The number of carboxylic acid groups (broad SMARTS) is 1. The van der Waals surface area contributed by atoms with Gasteiger partial charge in [0.05, 0.1) is 5.69 Å². The zero-order valence-corrected chi connectivity index (χ0v) is 11.8. The van der Waals surface area contributed by atoms with Crippen LogP contribution in [-0.2, 0) is 4.79 Å². The molecule has 1 amide bonds. The van der Waals surface area contributed by atoms with Gasteiger partial charge >= 0.3 is 18.1 Å². The first-order valence-electron chi connectivity index (χ1n) is 5.03. The Morgan fingerprint density at radius 2 is 1.95 bits per heavy atom. The molecule has 2 rings (SSSR count). The normalized spacial score (nSPS) is 11.6. The first-order valence-corrected chi connectivity index (χ1v) is 6.64. The number of rotatable bonds is 2. The molecule has 1 aromatic heterocycles. The van der Waals surface area contributed by atoms with E-state index in [-0.39, 0.29) is 15.0 Å². The molecule has 0 bridgehead atoms. The van der Waals surface area contributed by atoms with Crippen LogP contribution in [-0.4, -0.2) is 23.2 Å². The van der Waals surface area contributed by atoms with Gasteiger partial charge < -0.3 is 10.4 Å². The third kappa shape index (κ3) is 2.78. The summed E-state index contributed by atoms with van der Waals surface area (Å²) in [5.74, 6) is -3.22. The van der Waals surface area contributed by atoms with Gasteiger partial charge in [0.1, 0.15) is 4.88 Å². The quantitative estimate of drug-likeness (QED) is 0.846. The van der Waals surface area contributed by atoms with Crippen molar-refractivity contribution in [3.8, 4) is 0 Å². The van der Waals surface area contributed by atoms with Crippen molar-refractivity contribution in [1.82, 2.24) is 0 Å². The zero-order valence-electron chi connectivity index (χ0n) is 9.42. The molecule has 0 saturated carbocycles. The van der Waals surface area contributed by atoms with Gasteiger partial charge in [-0.2, -0.15) is 13.2 Å². The summed E-state index contributed by atoms with van der Waals surface area (Å²) < 4.78 is 37.3. The van der Waals surface area contributed by atoms with E-state index in [1.165, 1.54) is 18.2 Å². The lowest BCUT2D eigenvalue weighted by Crippen LogP contribution is -2.30. The van der Waals surface area contributed by atoms with Crippen molar-refractivity contribution in [2.45, 2.75) is 6.18 Å². The smallest absolute Gasteiger partial charge is 0.471 e. The molecule has 2 aromatic rings. The van der Waals surface area contributed by atoms with Crippen LogP contribution in [0.1, 0.15) is 9.67 Å². The van der Waals surface area contributed by atoms with E-state index in [9.17, 15) is 22.8 Å². The van der Waals surface area contributed by atoms with Gasteiger partial charge in [-0.05, 0) is 34.1 Å². The summed E-state index contributed by atoms with van der Waals surface area (Å²) >= 11 is 4.06. The number of halogens is 4. The highest BCUT2D eigenvalue weighted by molar-refractivity contribution is 9.10. The van der Waals surface area contributed by atoms with Crippen molar-refractivity contribution < 1.29 is 27.9 Å². The van der Waals surface area contributed by atoms with Crippen LogP contribution in [0.15, 0.2) is 22.7 Å². The van der Waals surface area contributed by atoms with Gasteiger partial charge in [-0.15, -0.1) is 11.3 Å². The average Bonchev–Trinajstić information content (AvgIpc) is 2.76. The Morgan fingerprint density at radius 1 is 1.30 bits per heavy atom. The maximum Gasteiger partial charge on any atom is 0.471 e. The van der Waals surface area contributed by atoms with Crippen molar-refractivity contribution in [1.29, 1.82) is 0 Å². The molecule has 9 heteroatoms. The molecule has 1 heterocycles. The highest BCUT2D eigenvalue weighted by atomic mass is 79.9. The van der Waals surface area contributed by atoms with Crippen LogP contribution in [0.5, 0.6) is 0 Å². The SMILES string of the molecule is O=C(O)c1cc2c(Br)c(NC(=O)C(F)(F)F)ccc2s1. The number of amides is 1. The number of carboxylic acids is 1. The maximum atomic E-state index is 12.2. The van der Waals surface area contributed by atoms with Crippen LogP contribution in [0.3, 0.4) is 0 Å². The number of carbonyl (C=O) groups is 2. The number of benzene rings is 1. The molecule has 106 valence electrons. The van der Waals surface area contributed by atoms with Crippen molar-refractivity contribution in [3.63, 3.8) is 0 Å². The van der Waals surface area contributed by atoms with E-state index in [1.54, 1.807) is 5.32 Å².